The van der Waals surface area contributed by atoms with Gasteiger partial charge in [-0.2, -0.15) is 10.1 Å². The average Bonchev–Trinajstić information content (AvgIpc) is 3.10. The summed E-state index contributed by atoms with van der Waals surface area (Å²) < 4.78 is 6.66. The maximum Gasteiger partial charge on any atom is 0.270 e. The van der Waals surface area contributed by atoms with Crippen molar-refractivity contribution in [1.29, 1.82) is 0 Å². The lowest BCUT2D eigenvalue weighted by Gasteiger charge is -2.22. The van der Waals surface area contributed by atoms with Crippen LogP contribution in [0.15, 0.2) is 36.8 Å². The summed E-state index contributed by atoms with van der Waals surface area (Å²) in [5, 5.41) is 14.1. The Kier molecular flexibility index (Phi) is 4.37. The van der Waals surface area contributed by atoms with E-state index >= 15 is 0 Å². The molecule has 0 atom stereocenters. The van der Waals surface area contributed by atoms with Crippen molar-refractivity contribution < 1.29 is 14.7 Å². The van der Waals surface area contributed by atoms with Crippen LogP contribution in [0.5, 0.6) is 5.88 Å². The van der Waals surface area contributed by atoms with Gasteiger partial charge in [0.25, 0.3) is 5.91 Å². The summed E-state index contributed by atoms with van der Waals surface area (Å²) in [7, 11) is 1.57. The molecule has 0 saturated heterocycles. The second kappa shape index (κ2) is 6.48. The first-order valence-electron chi connectivity index (χ1n) is 7.73. The molecule has 2 N–H and O–H groups in total. The summed E-state index contributed by atoms with van der Waals surface area (Å²) in [5.41, 5.74) is 3.26. The molecule has 3 rings (SSSR count). The zero-order chi connectivity index (χ0) is 18.0. The molecule has 3 heterocycles. The fourth-order valence-corrected chi connectivity index (χ4v) is 2.55. The van der Waals surface area contributed by atoms with Crippen molar-refractivity contribution in [3.63, 3.8) is 0 Å². The number of carbonyl (C=O) groups excluding carboxylic acids is 1. The molecule has 0 bridgehead atoms. The lowest BCUT2D eigenvalue weighted by Crippen LogP contribution is -2.43. The number of rotatable bonds is 5. The van der Waals surface area contributed by atoms with E-state index in [9.17, 15) is 4.79 Å². The van der Waals surface area contributed by atoms with Crippen LogP contribution in [0.4, 0.5) is 0 Å². The Labute approximate surface area is 144 Å². The molecule has 0 aromatic carbocycles. The molecule has 0 unspecified atom stereocenters. The highest BCUT2D eigenvalue weighted by molar-refractivity contribution is 5.82. The van der Waals surface area contributed by atoms with Gasteiger partial charge in [-0.25, -0.2) is 10.5 Å². The molecule has 3 aromatic rings. The van der Waals surface area contributed by atoms with Crippen LogP contribution < -0.4 is 10.2 Å². The Morgan fingerprint density at radius 2 is 2.16 bits per heavy atom. The van der Waals surface area contributed by atoms with E-state index in [0.717, 1.165) is 16.5 Å². The van der Waals surface area contributed by atoms with Crippen LogP contribution in [0, 0.1) is 0 Å². The van der Waals surface area contributed by atoms with E-state index in [1.54, 1.807) is 51.1 Å². The van der Waals surface area contributed by atoms with Crippen LogP contribution in [-0.4, -0.2) is 38.0 Å². The minimum atomic E-state index is -0.998. The number of aromatic nitrogens is 4. The van der Waals surface area contributed by atoms with E-state index in [-0.39, 0.29) is 0 Å². The fraction of sp³-hybridized carbons (Fsp3) is 0.294. The number of amides is 1. The Morgan fingerprint density at radius 1 is 1.36 bits per heavy atom. The molecule has 0 fully saturated rings. The van der Waals surface area contributed by atoms with Crippen LogP contribution in [0.3, 0.4) is 0 Å². The first-order chi connectivity index (χ1) is 12.0. The van der Waals surface area contributed by atoms with Gasteiger partial charge in [-0.15, -0.1) is 0 Å². The molecule has 0 radical (unpaired) electrons. The Morgan fingerprint density at radius 3 is 2.88 bits per heavy atom. The summed E-state index contributed by atoms with van der Waals surface area (Å²) in [4.78, 5) is 20.4. The molecule has 25 heavy (non-hydrogen) atoms. The Bertz CT molecular complexity index is 920. The van der Waals surface area contributed by atoms with Crippen molar-refractivity contribution in [2.45, 2.75) is 25.8 Å². The number of nitrogens with one attached hydrogen (secondary N) is 1. The van der Waals surface area contributed by atoms with Gasteiger partial charge >= 0.3 is 0 Å². The molecule has 0 saturated carbocycles. The Hall–Kier alpha value is -3.00. The largest absolute Gasteiger partial charge is 0.481 e. The molecule has 0 aliphatic heterocycles. The summed E-state index contributed by atoms with van der Waals surface area (Å²) in [6.07, 6.45) is 5.82. The third-order valence-electron chi connectivity index (χ3n) is 4.14. The Balaban J connectivity index is 1.91. The second-order valence-electron chi connectivity index (χ2n) is 6.16. The van der Waals surface area contributed by atoms with Crippen molar-refractivity contribution >= 4 is 16.9 Å². The predicted octanol–water partition coefficient (Wildman–Crippen LogP) is 1.67. The molecule has 8 heteroatoms. The normalized spacial score (nSPS) is 11.5. The lowest BCUT2D eigenvalue weighted by atomic mass is 10.0. The zero-order valence-electron chi connectivity index (χ0n) is 14.2. The third-order valence-corrected chi connectivity index (χ3v) is 4.14. The SMILES string of the molecule is COc1ccc2c(Cc3cnn(C(C)(C)C(=O)NO)c3)ccnc2n1. The zero-order valence-corrected chi connectivity index (χ0v) is 14.2. The quantitative estimate of drug-likeness (QED) is 0.540. The van der Waals surface area contributed by atoms with Crippen molar-refractivity contribution in [2.75, 3.05) is 7.11 Å². The van der Waals surface area contributed by atoms with Crippen molar-refractivity contribution in [1.82, 2.24) is 25.2 Å². The number of hydroxylamine groups is 1. The maximum absolute atomic E-state index is 11.8. The number of hydrogen-bond donors (Lipinski definition) is 2. The van der Waals surface area contributed by atoms with E-state index < -0.39 is 11.4 Å². The number of carbonyl (C=O) groups is 1. The first-order valence-corrected chi connectivity index (χ1v) is 7.73. The van der Waals surface area contributed by atoms with Crippen LogP contribution in [0.1, 0.15) is 25.0 Å². The summed E-state index contributed by atoms with van der Waals surface area (Å²) in [6.45, 7) is 3.35. The number of ether oxygens (including phenoxy) is 1. The highest BCUT2D eigenvalue weighted by atomic mass is 16.5. The molecule has 3 aromatic heterocycles. The minimum Gasteiger partial charge on any atom is -0.481 e. The standard InChI is InChI=1S/C17H19N5O3/c1-17(2,16(23)21-24)22-10-11(9-19-22)8-12-6-7-18-15-13(12)4-5-14(20-15)25-3/h4-7,9-10,24H,8H2,1-3H3,(H,21,23). The molecule has 0 aliphatic rings. The van der Waals surface area contributed by atoms with E-state index in [2.05, 4.69) is 15.1 Å². The summed E-state index contributed by atoms with van der Waals surface area (Å²) >= 11 is 0. The van der Waals surface area contributed by atoms with Gasteiger partial charge in [0, 0.05) is 30.3 Å². The molecule has 1 amide bonds. The first kappa shape index (κ1) is 16.8. The van der Waals surface area contributed by atoms with Gasteiger partial charge in [-0.3, -0.25) is 14.7 Å². The fourth-order valence-electron chi connectivity index (χ4n) is 2.55. The molecule has 0 spiro atoms. The number of nitrogens with zero attached hydrogens (tertiary/aromatic N) is 4. The second-order valence-corrected chi connectivity index (χ2v) is 6.16. The topological polar surface area (TPSA) is 102 Å². The van der Waals surface area contributed by atoms with Gasteiger partial charge < -0.3 is 4.74 Å². The molecular weight excluding hydrogens is 322 g/mol. The highest BCUT2D eigenvalue weighted by Gasteiger charge is 2.30. The van der Waals surface area contributed by atoms with E-state index in [1.165, 1.54) is 4.68 Å². The molecule has 130 valence electrons. The average molecular weight is 341 g/mol. The monoisotopic (exact) mass is 341 g/mol. The van der Waals surface area contributed by atoms with E-state index in [0.29, 0.717) is 17.9 Å². The van der Waals surface area contributed by atoms with Gasteiger partial charge in [0.05, 0.1) is 13.3 Å². The smallest absolute Gasteiger partial charge is 0.270 e. The maximum atomic E-state index is 11.8. The predicted molar refractivity (Wildman–Crippen MR) is 90.4 cm³/mol. The van der Waals surface area contributed by atoms with Gasteiger partial charge in [-0.05, 0) is 37.1 Å². The van der Waals surface area contributed by atoms with Gasteiger partial charge in [0.1, 0.15) is 5.54 Å². The number of hydrogen-bond acceptors (Lipinski definition) is 6. The highest BCUT2D eigenvalue weighted by Crippen LogP contribution is 2.22. The van der Waals surface area contributed by atoms with E-state index in [4.69, 9.17) is 9.94 Å². The lowest BCUT2D eigenvalue weighted by molar-refractivity contribution is -0.137. The van der Waals surface area contributed by atoms with Crippen LogP contribution in [-0.2, 0) is 16.8 Å². The van der Waals surface area contributed by atoms with Crippen LogP contribution in [0.25, 0.3) is 11.0 Å². The van der Waals surface area contributed by atoms with Gasteiger partial charge in [-0.1, -0.05) is 0 Å². The van der Waals surface area contributed by atoms with Gasteiger partial charge in [0.15, 0.2) is 5.65 Å². The molecular formula is C17H19N5O3. The van der Waals surface area contributed by atoms with Gasteiger partial charge in [0.2, 0.25) is 5.88 Å². The molecule has 0 aliphatic carbocycles. The van der Waals surface area contributed by atoms with Crippen LogP contribution >= 0.6 is 0 Å². The van der Waals surface area contributed by atoms with Crippen molar-refractivity contribution in [3.8, 4) is 5.88 Å². The third kappa shape index (κ3) is 3.16. The number of methoxy groups -OCH3 is 1. The minimum absolute atomic E-state index is 0.515. The molecule has 8 nitrogen and oxygen atoms in total. The van der Waals surface area contributed by atoms with Crippen LogP contribution in [0.2, 0.25) is 0 Å². The number of pyridine rings is 2. The van der Waals surface area contributed by atoms with Crippen molar-refractivity contribution in [3.05, 3.63) is 47.9 Å². The summed E-state index contributed by atoms with van der Waals surface area (Å²) in [5.74, 6) is -0.0189. The summed E-state index contributed by atoms with van der Waals surface area (Å²) in [6, 6.07) is 5.65. The number of fused-ring (bicyclic) bond motifs is 1. The van der Waals surface area contributed by atoms with Crippen molar-refractivity contribution in [2.24, 2.45) is 0 Å². The van der Waals surface area contributed by atoms with E-state index in [1.807, 2.05) is 12.1 Å².